The van der Waals surface area contributed by atoms with Crippen LogP contribution < -0.4 is 5.43 Å². The lowest BCUT2D eigenvalue weighted by molar-refractivity contribution is 0.486. The van der Waals surface area contributed by atoms with Gasteiger partial charge in [0.25, 0.3) is 0 Å². The van der Waals surface area contributed by atoms with Crippen LogP contribution in [0.25, 0.3) is 0 Å². The van der Waals surface area contributed by atoms with E-state index in [1.165, 1.54) is 16.7 Å². The summed E-state index contributed by atoms with van der Waals surface area (Å²) in [6.45, 7) is 0. The van der Waals surface area contributed by atoms with Crippen molar-refractivity contribution in [1.29, 1.82) is 0 Å². The van der Waals surface area contributed by atoms with Crippen molar-refractivity contribution in [3.8, 4) is 0 Å². The fraction of sp³-hybridized carbons (Fsp3) is 0.136. The van der Waals surface area contributed by atoms with Gasteiger partial charge in [-0.25, -0.2) is 0 Å². The van der Waals surface area contributed by atoms with Gasteiger partial charge in [-0.2, -0.15) is 5.10 Å². The van der Waals surface area contributed by atoms with Crippen LogP contribution in [-0.2, 0) is 12.8 Å². The molecular formula is C22H20N2S. The van der Waals surface area contributed by atoms with Gasteiger partial charge in [-0.15, -0.1) is 0 Å². The fourth-order valence-electron chi connectivity index (χ4n) is 3.15. The molecule has 0 aromatic heterocycles. The van der Waals surface area contributed by atoms with E-state index in [1.54, 1.807) is 0 Å². The number of nitrogens with one attached hydrogen (secondary N) is 1. The smallest absolute Gasteiger partial charge is 0.126 e. The van der Waals surface area contributed by atoms with Crippen LogP contribution in [-0.4, -0.2) is 9.91 Å². The van der Waals surface area contributed by atoms with Crippen LogP contribution in [0, 0.1) is 0 Å². The summed E-state index contributed by atoms with van der Waals surface area (Å²) in [5.74, 6) is 0. The molecule has 25 heavy (non-hydrogen) atoms. The monoisotopic (exact) mass is 344 g/mol. The SMILES string of the molecule is c1ccc(CC2(Cc3ccccc3)NN=C(c3ccccc3)S2)cc1. The maximum Gasteiger partial charge on any atom is 0.126 e. The Morgan fingerprint density at radius 3 is 1.68 bits per heavy atom. The van der Waals surface area contributed by atoms with Gasteiger partial charge in [0.05, 0.1) is 0 Å². The summed E-state index contributed by atoms with van der Waals surface area (Å²) in [7, 11) is 0. The largest absolute Gasteiger partial charge is 0.292 e. The number of benzene rings is 3. The average molecular weight is 344 g/mol. The third-order valence-electron chi connectivity index (χ3n) is 4.34. The van der Waals surface area contributed by atoms with Crippen LogP contribution >= 0.6 is 11.8 Å². The van der Waals surface area contributed by atoms with Gasteiger partial charge in [0, 0.05) is 18.4 Å². The van der Waals surface area contributed by atoms with E-state index in [0.717, 1.165) is 17.9 Å². The summed E-state index contributed by atoms with van der Waals surface area (Å²) in [6, 6.07) is 31.7. The Morgan fingerprint density at radius 2 is 1.16 bits per heavy atom. The quantitative estimate of drug-likeness (QED) is 0.714. The van der Waals surface area contributed by atoms with Crippen molar-refractivity contribution in [2.24, 2.45) is 5.10 Å². The molecule has 0 saturated heterocycles. The van der Waals surface area contributed by atoms with Crippen molar-refractivity contribution in [3.05, 3.63) is 108 Å². The molecule has 0 atom stereocenters. The average Bonchev–Trinajstić information content (AvgIpc) is 3.08. The van der Waals surface area contributed by atoms with Gasteiger partial charge in [-0.05, 0) is 11.1 Å². The first-order valence-corrected chi connectivity index (χ1v) is 9.32. The molecule has 4 rings (SSSR count). The highest BCUT2D eigenvalue weighted by Gasteiger charge is 2.37. The zero-order chi connectivity index (χ0) is 17.0. The molecule has 3 aromatic rings. The van der Waals surface area contributed by atoms with Crippen molar-refractivity contribution in [3.63, 3.8) is 0 Å². The van der Waals surface area contributed by atoms with Gasteiger partial charge in [-0.1, -0.05) is 103 Å². The molecule has 2 nitrogen and oxygen atoms in total. The van der Waals surface area contributed by atoms with Crippen LogP contribution in [0.2, 0.25) is 0 Å². The standard InChI is InChI=1S/C22H20N2S/c1-4-10-18(11-5-1)16-22(17-19-12-6-2-7-13-19)24-23-21(25-22)20-14-8-3-9-15-20/h1-15,24H,16-17H2. The van der Waals surface area contributed by atoms with E-state index >= 15 is 0 Å². The molecule has 1 aliphatic heterocycles. The molecular weight excluding hydrogens is 324 g/mol. The first-order valence-electron chi connectivity index (χ1n) is 8.50. The Balaban J connectivity index is 1.61. The minimum absolute atomic E-state index is 0.159. The highest BCUT2D eigenvalue weighted by molar-refractivity contribution is 8.15. The van der Waals surface area contributed by atoms with Crippen molar-refractivity contribution in [2.75, 3.05) is 0 Å². The first kappa shape index (κ1) is 16.0. The van der Waals surface area contributed by atoms with Gasteiger partial charge in [0.2, 0.25) is 0 Å². The van der Waals surface area contributed by atoms with E-state index in [9.17, 15) is 0 Å². The molecule has 0 bridgehead atoms. The molecule has 0 aliphatic carbocycles. The second-order valence-corrected chi connectivity index (χ2v) is 7.69. The van der Waals surface area contributed by atoms with Crippen LogP contribution in [0.5, 0.6) is 0 Å². The predicted octanol–water partition coefficient (Wildman–Crippen LogP) is 4.87. The van der Waals surface area contributed by atoms with Crippen molar-refractivity contribution < 1.29 is 0 Å². The highest BCUT2D eigenvalue weighted by atomic mass is 32.2. The number of nitrogens with zero attached hydrogens (tertiary/aromatic N) is 1. The molecule has 1 aliphatic rings. The number of rotatable bonds is 5. The summed E-state index contributed by atoms with van der Waals surface area (Å²) >= 11 is 1.84. The van der Waals surface area contributed by atoms with E-state index in [-0.39, 0.29) is 4.87 Å². The van der Waals surface area contributed by atoms with E-state index in [2.05, 4.69) is 95.5 Å². The summed E-state index contributed by atoms with van der Waals surface area (Å²) in [4.78, 5) is -0.159. The molecule has 0 spiro atoms. The van der Waals surface area contributed by atoms with Crippen molar-refractivity contribution in [2.45, 2.75) is 17.7 Å². The molecule has 0 radical (unpaired) electrons. The Kier molecular flexibility index (Phi) is 4.57. The normalized spacial score (nSPS) is 15.4. The maximum atomic E-state index is 4.68. The Morgan fingerprint density at radius 1 is 0.680 bits per heavy atom. The summed E-state index contributed by atoms with van der Waals surface area (Å²) in [5.41, 5.74) is 7.28. The summed E-state index contributed by atoms with van der Waals surface area (Å²) in [5, 5.41) is 5.74. The maximum absolute atomic E-state index is 4.68. The zero-order valence-electron chi connectivity index (χ0n) is 13.9. The summed E-state index contributed by atoms with van der Waals surface area (Å²) in [6.07, 6.45) is 1.85. The first-order chi connectivity index (χ1) is 12.3. The molecule has 0 amide bonds. The van der Waals surface area contributed by atoms with Gasteiger partial charge < -0.3 is 0 Å². The second-order valence-electron chi connectivity index (χ2n) is 6.32. The molecule has 0 fully saturated rings. The number of hydrazone groups is 1. The van der Waals surface area contributed by atoms with Gasteiger partial charge in [-0.3, -0.25) is 5.43 Å². The third kappa shape index (κ3) is 3.77. The fourth-order valence-corrected chi connectivity index (χ4v) is 4.44. The summed E-state index contributed by atoms with van der Waals surface area (Å²) < 4.78 is 0. The van der Waals surface area contributed by atoms with Crippen LogP contribution in [0.4, 0.5) is 0 Å². The highest BCUT2D eigenvalue weighted by Crippen LogP contribution is 2.37. The minimum Gasteiger partial charge on any atom is -0.292 e. The van der Waals surface area contributed by atoms with Crippen molar-refractivity contribution in [1.82, 2.24) is 5.43 Å². The van der Waals surface area contributed by atoms with Gasteiger partial charge in [0.1, 0.15) is 9.91 Å². The molecule has 1 heterocycles. The topological polar surface area (TPSA) is 24.4 Å². The molecule has 0 unspecified atom stereocenters. The Labute approximate surface area is 153 Å². The lowest BCUT2D eigenvalue weighted by Crippen LogP contribution is -2.40. The Hall–Kier alpha value is -2.52. The Bertz CT molecular complexity index is 803. The second kappa shape index (κ2) is 7.16. The third-order valence-corrected chi connectivity index (χ3v) is 5.63. The van der Waals surface area contributed by atoms with E-state index in [4.69, 9.17) is 0 Å². The molecule has 1 N–H and O–H groups in total. The lowest BCUT2D eigenvalue weighted by atomic mass is 9.99. The van der Waals surface area contributed by atoms with Crippen LogP contribution in [0.3, 0.4) is 0 Å². The predicted molar refractivity (Wildman–Crippen MR) is 107 cm³/mol. The molecule has 3 aromatic carbocycles. The molecule has 3 heteroatoms. The van der Waals surface area contributed by atoms with E-state index < -0.39 is 0 Å². The van der Waals surface area contributed by atoms with Crippen LogP contribution in [0.15, 0.2) is 96.1 Å². The lowest BCUT2D eigenvalue weighted by Gasteiger charge is -2.28. The van der Waals surface area contributed by atoms with Crippen LogP contribution in [0.1, 0.15) is 16.7 Å². The van der Waals surface area contributed by atoms with Crippen molar-refractivity contribution >= 4 is 16.8 Å². The number of thioether (sulfide) groups is 1. The van der Waals surface area contributed by atoms with E-state index in [0.29, 0.717) is 0 Å². The molecule has 0 saturated carbocycles. The number of hydrogen-bond donors (Lipinski definition) is 1. The van der Waals surface area contributed by atoms with Gasteiger partial charge >= 0.3 is 0 Å². The van der Waals surface area contributed by atoms with Gasteiger partial charge in [0.15, 0.2) is 0 Å². The van der Waals surface area contributed by atoms with E-state index in [1.807, 2.05) is 17.8 Å². The molecule has 124 valence electrons. The zero-order valence-corrected chi connectivity index (χ0v) is 14.7. The number of hydrogen-bond acceptors (Lipinski definition) is 3. The minimum atomic E-state index is -0.159.